The molecule has 3 rings (SSSR count). The van der Waals surface area contributed by atoms with Crippen LogP contribution < -0.4 is 5.43 Å². The lowest BCUT2D eigenvalue weighted by molar-refractivity contribution is 0.438. The Kier molecular flexibility index (Phi) is 3.29. The molecule has 0 saturated carbocycles. The van der Waals surface area contributed by atoms with Gasteiger partial charge in [0.15, 0.2) is 5.76 Å². The molecule has 5 nitrogen and oxygen atoms in total. The van der Waals surface area contributed by atoms with E-state index in [4.69, 9.17) is 4.42 Å². The highest BCUT2D eigenvalue weighted by Gasteiger charge is 2.19. The molecule has 1 heterocycles. The van der Waals surface area contributed by atoms with Crippen LogP contribution in [0.4, 0.5) is 0 Å². The van der Waals surface area contributed by atoms with Gasteiger partial charge in [0.2, 0.25) is 11.2 Å². The Labute approximate surface area is 132 Å². The van der Waals surface area contributed by atoms with E-state index in [1.807, 2.05) is 32.9 Å². The van der Waals surface area contributed by atoms with Crippen molar-refractivity contribution in [1.82, 2.24) is 0 Å². The zero-order valence-electron chi connectivity index (χ0n) is 13.0. The van der Waals surface area contributed by atoms with Crippen molar-refractivity contribution in [2.45, 2.75) is 20.8 Å². The lowest BCUT2D eigenvalue weighted by Crippen LogP contribution is -2.03. The Hall–Kier alpha value is -2.95. The summed E-state index contributed by atoms with van der Waals surface area (Å²) in [5, 5.41) is 29.4. The maximum Gasteiger partial charge on any atom is 0.238 e. The third kappa shape index (κ3) is 2.30. The summed E-state index contributed by atoms with van der Waals surface area (Å²) in [5.41, 5.74) is 2.95. The van der Waals surface area contributed by atoms with Crippen molar-refractivity contribution in [3.8, 4) is 28.6 Å². The van der Waals surface area contributed by atoms with E-state index in [-0.39, 0.29) is 22.5 Å². The highest BCUT2D eigenvalue weighted by molar-refractivity contribution is 5.88. The predicted octanol–water partition coefficient (Wildman–Crippen LogP) is 3.50. The average molecular weight is 312 g/mol. The number of hydrogen-bond acceptors (Lipinski definition) is 5. The summed E-state index contributed by atoms with van der Waals surface area (Å²) in [7, 11) is 0. The van der Waals surface area contributed by atoms with E-state index in [0.717, 1.165) is 22.8 Å². The van der Waals surface area contributed by atoms with E-state index in [9.17, 15) is 20.1 Å². The largest absolute Gasteiger partial charge is 0.508 e. The zero-order chi connectivity index (χ0) is 16.9. The van der Waals surface area contributed by atoms with Crippen molar-refractivity contribution in [3.05, 3.63) is 51.2 Å². The van der Waals surface area contributed by atoms with Gasteiger partial charge in [0, 0.05) is 17.7 Å². The van der Waals surface area contributed by atoms with E-state index in [1.54, 1.807) is 0 Å². The molecule has 0 aliphatic carbocycles. The quantitative estimate of drug-likeness (QED) is 0.639. The molecule has 0 radical (unpaired) electrons. The van der Waals surface area contributed by atoms with Crippen LogP contribution in [0.2, 0.25) is 0 Å². The molecule has 0 saturated heterocycles. The average Bonchev–Trinajstić information content (AvgIpc) is 2.47. The zero-order valence-corrected chi connectivity index (χ0v) is 13.0. The van der Waals surface area contributed by atoms with Gasteiger partial charge in [-0.1, -0.05) is 0 Å². The van der Waals surface area contributed by atoms with Crippen LogP contribution in [0.25, 0.3) is 22.3 Å². The van der Waals surface area contributed by atoms with Gasteiger partial charge in [-0.2, -0.15) is 0 Å². The third-order valence-electron chi connectivity index (χ3n) is 4.12. The molecular formula is C18H16O5. The normalized spacial score (nSPS) is 11.1. The molecule has 3 aromatic rings. The Morgan fingerprint density at radius 3 is 2.13 bits per heavy atom. The van der Waals surface area contributed by atoms with Crippen LogP contribution in [0.5, 0.6) is 17.2 Å². The van der Waals surface area contributed by atoms with Crippen LogP contribution >= 0.6 is 0 Å². The van der Waals surface area contributed by atoms with Gasteiger partial charge in [0.1, 0.15) is 22.5 Å². The molecular weight excluding hydrogens is 296 g/mol. The number of aryl methyl sites for hydroxylation is 2. The fourth-order valence-electron chi connectivity index (χ4n) is 2.64. The van der Waals surface area contributed by atoms with Crippen molar-refractivity contribution >= 4 is 11.0 Å². The second-order valence-electron chi connectivity index (χ2n) is 5.68. The van der Waals surface area contributed by atoms with Crippen LogP contribution in [0.1, 0.15) is 16.7 Å². The van der Waals surface area contributed by atoms with Gasteiger partial charge in [-0.05, 0) is 49.6 Å². The first-order valence-electron chi connectivity index (χ1n) is 7.09. The van der Waals surface area contributed by atoms with E-state index in [2.05, 4.69) is 0 Å². The topological polar surface area (TPSA) is 90.9 Å². The number of benzene rings is 2. The monoisotopic (exact) mass is 312 g/mol. The summed E-state index contributed by atoms with van der Waals surface area (Å²) in [6.07, 6.45) is 0. The first-order valence-corrected chi connectivity index (χ1v) is 7.09. The lowest BCUT2D eigenvalue weighted by atomic mass is 9.98. The number of hydrogen-bond donors (Lipinski definition) is 3. The molecule has 5 heteroatoms. The minimum atomic E-state index is -0.741. The van der Waals surface area contributed by atoms with Crippen molar-refractivity contribution < 1.29 is 19.7 Å². The number of aromatic hydroxyl groups is 3. The first kappa shape index (κ1) is 15.0. The predicted molar refractivity (Wildman–Crippen MR) is 87.1 cm³/mol. The Morgan fingerprint density at radius 1 is 0.913 bits per heavy atom. The van der Waals surface area contributed by atoms with E-state index < -0.39 is 16.9 Å². The molecule has 0 fully saturated rings. The second kappa shape index (κ2) is 5.05. The van der Waals surface area contributed by atoms with E-state index in [1.165, 1.54) is 6.07 Å². The smallest absolute Gasteiger partial charge is 0.238 e. The van der Waals surface area contributed by atoms with Gasteiger partial charge in [-0.15, -0.1) is 0 Å². The molecule has 0 unspecified atom stereocenters. The summed E-state index contributed by atoms with van der Waals surface area (Å²) >= 11 is 0. The standard InChI is InChI=1S/C18H16O5/c1-8-4-11(5-9(2)10(8)3)18-17(22)16(21)15-13(20)6-12(19)7-14(15)23-18/h4-7,19-20,22H,1-3H3. The fraction of sp³-hybridized carbons (Fsp3) is 0.167. The minimum absolute atomic E-state index is 0.0104. The van der Waals surface area contributed by atoms with Crippen LogP contribution in [0.15, 0.2) is 33.5 Å². The summed E-state index contributed by atoms with van der Waals surface area (Å²) in [4.78, 5) is 12.3. The molecule has 0 atom stereocenters. The van der Waals surface area contributed by atoms with Gasteiger partial charge in [0.05, 0.1) is 0 Å². The van der Waals surface area contributed by atoms with Gasteiger partial charge >= 0.3 is 0 Å². The molecule has 0 bridgehead atoms. The van der Waals surface area contributed by atoms with Crippen molar-refractivity contribution in [2.75, 3.05) is 0 Å². The van der Waals surface area contributed by atoms with Gasteiger partial charge in [-0.3, -0.25) is 4.79 Å². The van der Waals surface area contributed by atoms with E-state index >= 15 is 0 Å². The summed E-state index contributed by atoms with van der Waals surface area (Å²) in [6.45, 7) is 5.85. The SMILES string of the molecule is Cc1cc(-c2oc3cc(O)cc(O)c3c(=O)c2O)cc(C)c1C. The van der Waals surface area contributed by atoms with Crippen LogP contribution in [0.3, 0.4) is 0 Å². The number of rotatable bonds is 1. The van der Waals surface area contributed by atoms with Crippen LogP contribution in [0, 0.1) is 20.8 Å². The highest BCUT2D eigenvalue weighted by atomic mass is 16.4. The fourth-order valence-corrected chi connectivity index (χ4v) is 2.64. The second-order valence-corrected chi connectivity index (χ2v) is 5.68. The summed E-state index contributed by atoms with van der Waals surface area (Å²) in [6, 6.07) is 5.88. The molecule has 3 N–H and O–H groups in total. The molecule has 0 aliphatic rings. The van der Waals surface area contributed by atoms with Crippen LogP contribution in [-0.4, -0.2) is 15.3 Å². The molecule has 23 heavy (non-hydrogen) atoms. The molecule has 118 valence electrons. The van der Waals surface area contributed by atoms with Gasteiger partial charge < -0.3 is 19.7 Å². The lowest BCUT2D eigenvalue weighted by Gasteiger charge is -2.11. The number of fused-ring (bicyclic) bond motifs is 1. The Morgan fingerprint density at radius 2 is 1.52 bits per heavy atom. The highest BCUT2D eigenvalue weighted by Crippen LogP contribution is 2.36. The van der Waals surface area contributed by atoms with Crippen molar-refractivity contribution in [2.24, 2.45) is 0 Å². The van der Waals surface area contributed by atoms with E-state index in [0.29, 0.717) is 5.56 Å². The first-order chi connectivity index (χ1) is 10.8. The third-order valence-corrected chi connectivity index (χ3v) is 4.12. The maximum atomic E-state index is 12.3. The molecule has 0 aliphatic heterocycles. The summed E-state index contributed by atoms with van der Waals surface area (Å²) < 4.78 is 5.60. The Balaban J connectivity index is 2.40. The molecule has 2 aromatic carbocycles. The summed E-state index contributed by atoms with van der Waals surface area (Å²) in [5.74, 6) is -1.22. The molecule has 0 amide bonds. The molecule has 1 aromatic heterocycles. The number of phenols is 2. The molecule has 0 spiro atoms. The van der Waals surface area contributed by atoms with Crippen molar-refractivity contribution in [1.29, 1.82) is 0 Å². The minimum Gasteiger partial charge on any atom is -0.508 e. The Bertz CT molecular complexity index is 975. The van der Waals surface area contributed by atoms with Gasteiger partial charge in [0.25, 0.3) is 0 Å². The van der Waals surface area contributed by atoms with Crippen molar-refractivity contribution in [3.63, 3.8) is 0 Å². The maximum absolute atomic E-state index is 12.3. The van der Waals surface area contributed by atoms with Crippen LogP contribution in [-0.2, 0) is 0 Å². The number of phenolic OH excluding ortho intramolecular Hbond substituents is 2. The van der Waals surface area contributed by atoms with Gasteiger partial charge in [-0.25, -0.2) is 0 Å².